The van der Waals surface area contributed by atoms with Gasteiger partial charge in [-0.25, -0.2) is 4.98 Å². The monoisotopic (exact) mass is 327 g/mol. The van der Waals surface area contributed by atoms with E-state index in [1.54, 1.807) is 12.3 Å². The van der Waals surface area contributed by atoms with E-state index >= 15 is 0 Å². The molecule has 0 saturated heterocycles. The highest BCUT2D eigenvalue weighted by Crippen LogP contribution is 2.43. The number of nitrogens with zero attached hydrogens (tertiary/aromatic N) is 1. The minimum atomic E-state index is -4.31. The fraction of sp³-hybridized carbons (Fsp3) is 0.400. The summed E-state index contributed by atoms with van der Waals surface area (Å²) in [5.41, 5.74) is 5.33. The maximum atomic E-state index is 12.9. The molecule has 1 saturated carbocycles. The lowest BCUT2D eigenvalue weighted by molar-refractivity contribution is -0.137. The Bertz CT molecular complexity index is 662. The zero-order valence-electron chi connectivity index (χ0n) is 11.8. The maximum Gasteiger partial charge on any atom is 0.416 e. The zero-order chi connectivity index (χ0) is 15.8. The number of benzene rings is 1. The number of nitrogens with one attached hydrogen (secondary N) is 1. The standard InChI is InChI=1S/C15H16F3N3S/c16-15(17,18)11-4-1-3-10(7-11)14(5-2-6-14)21-9-12-8-20-13(19)22-12/h1,3-4,7-8,21H,2,5-6,9H2,(H2,19,20). The van der Waals surface area contributed by atoms with Gasteiger partial charge in [0.2, 0.25) is 0 Å². The molecule has 0 atom stereocenters. The van der Waals surface area contributed by atoms with Gasteiger partial charge >= 0.3 is 6.18 Å². The Morgan fingerprint density at radius 3 is 2.64 bits per heavy atom. The van der Waals surface area contributed by atoms with Gasteiger partial charge in [-0.2, -0.15) is 13.2 Å². The van der Waals surface area contributed by atoms with Gasteiger partial charge < -0.3 is 11.1 Å². The Kier molecular flexibility index (Phi) is 3.86. The Labute approximate surface area is 130 Å². The van der Waals surface area contributed by atoms with E-state index in [-0.39, 0.29) is 5.54 Å². The lowest BCUT2D eigenvalue weighted by Crippen LogP contribution is -2.47. The summed E-state index contributed by atoms with van der Waals surface area (Å²) in [5, 5.41) is 3.90. The summed E-state index contributed by atoms with van der Waals surface area (Å²) >= 11 is 1.39. The molecule has 0 bridgehead atoms. The third-order valence-electron chi connectivity index (χ3n) is 4.12. The van der Waals surface area contributed by atoms with E-state index in [0.717, 1.165) is 30.2 Å². The Morgan fingerprint density at radius 1 is 1.32 bits per heavy atom. The van der Waals surface area contributed by atoms with Crippen molar-refractivity contribution in [1.29, 1.82) is 0 Å². The molecule has 1 aromatic heterocycles. The van der Waals surface area contributed by atoms with Crippen molar-refractivity contribution in [3.05, 3.63) is 46.5 Å². The molecular weight excluding hydrogens is 311 g/mol. The first-order valence-electron chi connectivity index (χ1n) is 7.02. The minimum Gasteiger partial charge on any atom is -0.375 e. The van der Waals surface area contributed by atoms with Crippen LogP contribution in [-0.4, -0.2) is 4.98 Å². The van der Waals surface area contributed by atoms with Crippen LogP contribution in [0.15, 0.2) is 30.5 Å². The maximum absolute atomic E-state index is 12.9. The van der Waals surface area contributed by atoms with Crippen LogP contribution in [0.25, 0.3) is 0 Å². The van der Waals surface area contributed by atoms with E-state index < -0.39 is 11.7 Å². The summed E-state index contributed by atoms with van der Waals surface area (Å²) in [6.07, 6.45) is 0.0673. The molecule has 22 heavy (non-hydrogen) atoms. The summed E-state index contributed by atoms with van der Waals surface area (Å²) in [4.78, 5) is 4.97. The number of nitrogens with two attached hydrogens (primary N) is 1. The van der Waals surface area contributed by atoms with Crippen LogP contribution in [0, 0.1) is 0 Å². The molecule has 1 aliphatic rings. The van der Waals surface area contributed by atoms with Crippen LogP contribution in [-0.2, 0) is 18.3 Å². The van der Waals surface area contributed by atoms with Gasteiger partial charge in [0.05, 0.1) is 5.56 Å². The molecular formula is C15H16F3N3S. The number of halogens is 3. The number of hydrogen-bond acceptors (Lipinski definition) is 4. The number of anilines is 1. The predicted molar refractivity (Wildman–Crippen MR) is 80.3 cm³/mol. The lowest BCUT2D eigenvalue weighted by atomic mass is 9.71. The van der Waals surface area contributed by atoms with Crippen LogP contribution in [0.3, 0.4) is 0 Å². The fourth-order valence-electron chi connectivity index (χ4n) is 2.75. The van der Waals surface area contributed by atoms with Crippen molar-refractivity contribution in [3.8, 4) is 0 Å². The number of aromatic nitrogens is 1. The first kappa shape index (κ1) is 15.3. The second-order valence-corrected chi connectivity index (χ2v) is 6.68. The van der Waals surface area contributed by atoms with Crippen LogP contribution in [0.4, 0.5) is 18.3 Å². The van der Waals surface area contributed by atoms with Gasteiger partial charge in [-0.15, -0.1) is 11.3 Å². The topological polar surface area (TPSA) is 50.9 Å². The minimum absolute atomic E-state index is 0.375. The van der Waals surface area contributed by atoms with Crippen LogP contribution >= 0.6 is 11.3 Å². The Balaban J connectivity index is 1.81. The molecule has 3 nitrogen and oxygen atoms in total. The van der Waals surface area contributed by atoms with E-state index in [4.69, 9.17) is 5.73 Å². The molecule has 7 heteroatoms. The third-order valence-corrected chi connectivity index (χ3v) is 4.95. The van der Waals surface area contributed by atoms with Crippen molar-refractivity contribution >= 4 is 16.5 Å². The van der Waals surface area contributed by atoms with Gasteiger partial charge in [0, 0.05) is 23.2 Å². The summed E-state index contributed by atoms with van der Waals surface area (Å²) in [6.45, 7) is 0.561. The summed E-state index contributed by atoms with van der Waals surface area (Å²) in [6, 6.07) is 5.61. The van der Waals surface area contributed by atoms with E-state index in [0.29, 0.717) is 17.2 Å². The largest absolute Gasteiger partial charge is 0.416 e. The molecule has 0 aliphatic heterocycles. The number of nitrogen functional groups attached to an aromatic ring is 1. The summed E-state index contributed by atoms with van der Waals surface area (Å²) in [5.74, 6) is 0. The second kappa shape index (κ2) is 5.55. The molecule has 0 radical (unpaired) electrons. The van der Waals surface area contributed by atoms with Gasteiger partial charge in [-0.3, -0.25) is 0 Å². The molecule has 3 N–H and O–H groups in total. The van der Waals surface area contributed by atoms with Crippen LogP contribution in [0.2, 0.25) is 0 Å². The van der Waals surface area contributed by atoms with E-state index in [2.05, 4.69) is 10.3 Å². The van der Waals surface area contributed by atoms with Crippen molar-refractivity contribution in [2.45, 2.75) is 37.5 Å². The molecule has 118 valence electrons. The summed E-state index contributed by atoms with van der Waals surface area (Å²) < 4.78 is 38.7. The molecule has 3 rings (SSSR count). The van der Waals surface area contributed by atoms with Gasteiger partial charge in [-0.1, -0.05) is 12.1 Å². The van der Waals surface area contributed by atoms with E-state index in [9.17, 15) is 13.2 Å². The molecule has 0 spiro atoms. The smallest absolute Gasteiger partial charge is 0.375 e. The van der Waals surface area contributed by atoms with Crippen LogP contribution in [0.5, 0.6) is 0 Å². The normalized spacial score (nSPS) is 17.2. The Morgan fingerprint density at radius 2 is 2.09 bits per heavy atom. The van der Waals surface area contributed by atoms with Crippen molar-refractivity contribution in [1.82, 2.24) is 10.3 Å². The van der Waals surface area contributed by atoms with Crippen molar-refractivity contribution in [3.63, 3.8) is 0 Å². The number of rotatable bonds is 4. The van der Waals surface area contributed by atoms with E-state index in [1.807, 2.05) is 0 Å². The molecule has 1 heterocycles. The molecule has 1 fully saturated rings. The van der Waals surface area contributed by atoms with Gasteiger partial charge in [0.25, 0.3) is 0 Å². The summed E-state index contributed by atoms with van der Waals surface area (Å²) in [7, 11) is 0. The van der Waals surface area contributed by atoms with Gasteiger partial charge in [-0.05, 0) is 37.0 Å². The second-order valence-electron chi connectivity index (χ2n) is 5.53. The highest BCUT2D eigenvalue weighted by Gasteiger charge is 2.40. The average Bonchev–Trinajstić information content (AvgIpc) is 2.83. The number of alkyl halides is 3. The Hall–Kier alpha value is -1.60. The average molecular weight is 327 g/mol. The molecule has 2 aromatic rings. The predicted octanol–water partition coefficient (Wildman–Crippen LogP) is 3.91. The highest BCUT2D eigenvalue weighted by molar-refractivity contribution is 7.15. The lowest BCUT2D eigenvalue weighted by Gasteiger charge is -2.43. The highest BCUT2D eigenvalue weighted by atomic mass is 32.1. The molecule has 0 amide bonds. The molecule has 1 aromatic carbocycles. The zero-order valence-corrected chi connectivity index (χ0v) is 12.6. The number of thiazole rings is 1. The van der Waals surface area contributed by atoms with Crippen LogP contribution in [0.1, 0.15) is 35.3 Å². The van der Waals surface area contributed by atoms with E-state index in [1.165, 1.54) is 23.5 Å². The van der Waals surface area contributed by atoms with Crippen molar-refractivity contribution in [2.24, 2.45) is 0 Å². The fourth-order valence-corrected chi connectivity index (χ4v) is 3.38. The van der Waals surface area contributed by atoms with Crippen molar-refractivity contribution in [2.75, 3.05) is 5.73 Å². The van der Waals surface area contributed by atoms with Crippen LogP contribution < -0.4 is 11.1 Å². The van der Waals surface area contributed by atoms with Gasteiger partial charge in [0.15, 0.2) is 5.13 Å². The van der Waals surface area contributed by atoms with Gasteiger partial charge in [0.1, 0.15) is 0 Å². The third kappa shape index (κ3) is 2.96. The number of hydrogen-bond donors (Lipinski definition) is 2. The quantitative estimate of drug-likeness (QED) is 0.895. The molecule has 0 unspecified atom stereocenters. The first-order chi connectivity index (χ1) is 10.4. The first-order valence-corrected chi connectivity index (χ1v) is 7.84. The molecule has 1 aliphatic carbocycles. The SMILES string of the molecule is Nc1ncc(CNC2(c3cccc(C(F)(F)F)c3)CCC2)s1. The van der Waals surface area contributed by atoms with Crippen molar-refractivity contribution < 1.29 is 13.2 Å².